The van der Waals surface area contributed by atoms with Gasteiger partial charge in [0.15, 0.2) is 15.6 Å². The average Bonchev–Trinajstić information content (AvgIpc) is 2.99. The largest absolute Gasteiger partial charge is 0.356 e. The van der Waals surface area contributed by atoms with E-state index in [4.69, 9.17) is 9.73 Å². The highest BCUT2D eigenvalue weighted by Gasteiger charge is 2.43. The third-order valence-corrected chi connectivity index (χ3v) is 5.95. The van der Waals surface area contributed by atoms with Gasteiger partial charge < -0.3 is 4.52 Å². The van der Waals surface area contributed by atoms with Gasteiger partial charge in [0.05, 0.1) is 5.69 Å². The minimum atomic E-state index is -3.78. The standard InChI is InChI=1S/C15H17FN2O5S/c1-15(14(19)17-20,24(2,21)22)7-6-12-9-13(23-18-12)10-4-3-5-11(16)8-10/h3-5,8-9,20H,6-7H2,1-2H3,(H,17,19). The van der Waals surface area contributed by atoms with Crippen molar-refractivity contribution in [1.29, 1.82) is 0 Å². The number of amides is 1. The van der Waals surface area contributed by atoms with Crippen LogP contribution in [0.1, 0.15) is 19.0 Å². The van der Waals surface area contributed by atoms with Gasteiger partial charge in [0.2, 0.25) is 0 Å². The van der Waals surface area contributed by atoms with Crippen molar-refractivity contribution in [2.45, 2.75) is 24.5 Å². The van der Waals surface area contributed by atoms with Crippen molar-refractivity contribution in [1.82, 2.24) is 10.6 Å². The van der Waals surface area contributed by atoms with Crippen LogP contribution in [-0.4, -0.2) is 35.7 Å². The second kappa shape index (κ2) is 6.70. The molecule has 2 aromatic rings. The fourth-order valence-electron chi connectivity index (χ4n) is 2.16. The summed E-state index contributed by atoms with van der Waals surface area (Å²) in [5, 5.41) is 12.6. The molecule has 7 nitrogen and oxygen atoms in total. The lowest BCUT2D eigenvalue weighted by Crippen LogP contribution is -2.49. The van der Waals surface area contributed by atoms with Gasteiger partial charge in [-0.05, 0) is 31.9 Å². The minimum Gasteiger partial charge on any atom is -0.356 e. The molecule has 1 amide bonds. The number of nitrogens with one attached hydrogen (secondary N) is 1. The molecule has 1 atom stereocenters. The Hall–Kier alpha value is -2.26. The molecule has 1 heterocycles. The third-order valence-electron chi connectivity index (χ3n) is 3.93. The molecule has 9 heteroatoms. The maximum atomic E-state index is 13.2. The molecule has 0 saturated carbocycles. The molecule has 1 aromatic heterocycles. The topological polar surface area (TPSA) is 110 Å². The van der Waals surface area contributed by atoms with Crippen LogP contribution in [-0.2, 0) is 21.1 Å². The Labute approximate surface area is 138 Å². The maximum absolute atomic E-state index is 13.2. The number of aromatic nitrogens is 1. The number of rotatable bonds is 6. The molecule has 2 N–H and O–H groups in total. The van der Waals surface area contributed by atoms with Crippen LogP contribution in [0.5, 0.6) is 0 Å². The molecule has 0 aliphatic rings. The van der Waals surface area contributed by atoms with E-state index in [0.717, 1.165) is 6.26 Å². The van der Waals surface area contributed by atoms with Gasteiger partial charge >= 0.3 is 0 Å². The number of hydrogen-bond donors (Lipinski definition) is 2. The Kier molecular flexibility index (Phi) is 5.05. The number of hydrogen-bond acceptors (Lipinski definition) is 6. The number of carbonyl (C=O) groups is 1. The Morgan fingerprint density at radius 1 is 1.42 bits per heavy atom. The van der Waals surface area contributed by atoms with E-state index in [2.05, 4.69) is 5.16 Å². The molecule has 130 valence electrons. The van der Waals surface area contributed by atoms with Crippen LogP contribution in [0.15, 0.2) is 34.9 Å². The molecule has 0 radical (unpaired) electrons. The lowest BCUT2D eigenvalue weighted by atomic mass is 10.0. The normalized spacial score (nSPS) is 14.2. The number of nitrogens with zero attached hydrogens (tertiary/aromatic N) is 1. The second-order valence-electron chi connectivity index (χ2n) is 5.64. The van der Waals surface area contributed by atoms with Gasteiger partial charge in [0, 0.05) is 17.9 Å². The highest BCUT2D eigenvalue weighted by Crippen LogP contribution is 2.26. The van der Waals surface area contributed by atoms with E-state index in [9.17, 15) is 17.6 Å². The Balaban J connectivity index is 2.19. The van der Waals surface area contributed by atoms with Gasteiger partial charge in [-0.3, -0.25) is 10.0 Å². The molecular weight excluding hydrogens is 339 g/mol. The molecule has 0 spiro atoms. The minimum absolute atomic E-state index is 0.104. The summed E-state index contributed by atoms with van der Waals surface area (Å²) in [6.45, 7) is 1.22. The zero-order valence-corrected chi connectivity index (χ0v) is 13.9. The van der Waals surface area contributed by atoms with Crippen molar-refractivity contribution in [2.75, 3.05) is 6.26 Å². The highest BCUT2D eigenvalue weighted by atomic mass is 32.2. The average molecular weight is 356 g/mol. The van der Waals surface area contributed by atoms with Crippen LogP contribution in [0.3, 0.4) is 0 Å². The summed E-state index contributed by atoms with van der Waals surface area (Å²) in [6, 6.07) is 7.30. The molecule has 1 unspecified atom stereocenters. The van der Waals surface area contributed by atoms with Crippen LogP contribution in [0, 0.1) is 5.82 Å². The van der Waals surface area contributed by atoms with Crippen molar-refractivity contribution in [3.05, 3.63) is 41.8 Å². The van der Waals surface area contributed by atoms with Crippen molar-refractivity contribution >= 4 is 15.7 Å². The maximum Gasteiger partial charge on any atom is 0.264 e. The lowest BCUT2D eigenvalue weighted by molar-refractivity contribution is -0.131. The Bertz CT molecular complexity index is 849. The van der Waals surface area contributed by atoms with E-state index in [-0.39, 0.29) is 12.8 Å². The van der Waals surface area contributed by atoms with E-state index in [0.29, 0.717) is 17.0 Å². The van der Waals surface area contributed by atoms with E-state index in [1.165, 1.54) is 30.6 Å². The summed E-state index contributed by atoms with van der Waals surface area (Å²) in [5.41, 5.74) is 2.29. The first-order chi connectivity index (χ1) is 11.2. The summed E-state index contributed by atoms with van der Waals surface area (Å²) in [5.74, 6) is -1.11. The number of halogens is 1. The first kappa shape index (κ1) is 18.1. The zero-order chi connectivity index (χ0) is 18.0. The van der Waals surface area contributed by atoms with Gasteiger partial charge in [-0.25, -0.2) is 18.3 Å². The van der Waals surface area contributed by atoms with E-state index in [1.54, 1.807) is 12.1 Å². The summed E-state index contributed by atoms with van der Waals surface area (Å²) < 4.78 is 40.3. The predicted molar refractivity (Wildman–Crippen MR) is 83.4 cm³/mol. The van der Waals surface area contributed by atoms with Gasteiger partial charge in [-0.15, -0.1) is 0 Å². The first-order valence-corrected chi connectivity index (χ1v) is 8.92. The predicted octanol–water partition coefficient (Wildman–Crippen LogP) is 1.72. The van der Waals surface area contributed by atoms with Crippen LogP contribution < -0.4 is 5.48 Å². The van der Waals surface area contributed by atoms with E-state index >= 15 is 0 Å². The Morgan fingerprint density at radius 3 is 2.71 bits per heavy atom. The van der Waals surface area contributed by atoms with Crippen molar-refractivity contribution < 1.29 is 27.3 Å². The summed E-state index contributed by atoms with van der Waals surface area (Å²) in [4.78, 5) is 11.7. The second-order valence-corrected chi connectivity index (χ2v) is 8.08. The first-order valence-electron chi connectivity index (χ1n) is 7.03. The quantitative estimate of drug-likeness (QED) is 0.602. The molecule has 24 heavy (non-hydrogen) atoms. The molecule has 0 saturated heterocycles. The van der Waals surface area contributed by atoms with Crippen LogP contribution in [0.25, 0.3) is 11.3 Å². The summed E-state index contributed by atoms with van der Waals surface area (Å²) in [6.07, 6.45) is 0.937. The molecular formula is C15H17FN2O5S. The van der Waals surface area contributed by atoms with Crippen LogP contribution in [0.2, 0.25) is 0 Å². The molecule has 2 rings (SSSR count). The molecule has 1 aromatic carbocycles. The van der Waals surface area contributed by atoms with Crippen LogP contribution in [0.4, 0.5) is 4.39 Å². The van der Waals surface area contributed by atoms with Crippen molar-refractivity contribution in [3.8, 4) is 11.3 Å². The molecule has 0 bridgehead atoms. The van der Waals surface area contributed by atoms with Crippen molar-refractivity contribution in [3.63, 3.8) is 0 Å². The highest BCUT2D eigenvalue weighted by molar-refractivity contribution is 7.92. The number of aryl methyl sites for hydroxylation is 1. The molecule has 0 aliphatic carbocycles. The fraction of sp³-hybridized carbons (Fsp3) is 0.333. The number of sulfone groups is 1. The lowest BCUT2D eigenvalue weighted by Gasteiger charge is -2.24. The van der Waals surface area contributed by atoms with Gasteiger partial charge in [0.1, 0.15) is 10.6 Å². The summed E-state index contributed by atoms with van der Waals surface area (Å²) >= 11 is 0. The smallest absolute Gasteiger partial charge is 0.264 e. The Morgan fingerprint density at radius 2 is 2.12 bits per heavy atom. The van der Waals surface area contributed by atoms with Crippen LogP contribution >= 0.6 is 0 Å². The fourth-order valence-corrected chi connectivity index (χ4v) is 3.01. The number of hydroxylamine groups is 1. The monoisotopic (exact) mass is 356 g/mol. The van der Waals surface area contributed by atoms with E-state index < -0.39 is 26.3 Å². The SMILES string of the molecule is CC(CCc1cc(-c2cccc(F)c2)on1)(C(=O)NO)S(C)(=O)=O. The van der Waals surface area contributed by atoms with Gasteiger partial charge in [-0.1, -0.05) is 17.3 Å². The third kappa shape index (κ3) is 3.62. The van der Waals surface area contributed by atoms with Gasteiger partial charge in [-0.2, -0.15) is 0 Å². The zero-order valence-electron chi connectivity index (χ0n) is 13.1. The molecule has 0 aliphatic heterocycles. The number of carbonyl (C=O) groups excluding carboxylic acids is 1. The van der Waals surface area contributed by atoms with Crippen molar-refractivity contribution in [2.24, 2.45) is 0 Å². The number of benzene rings is 1. The summed E-state index contributed by atoms with van der Waals surface area (Å²) in [7, 11) is -3.78. The molecule has 0 fully saturated rings. The van der Waals surface area contributed by atoms with Gasteiger partial charge in [0.25, 0.3) is 5.91 Å². The van der Waals surface area contributed by atoms with E-state index in [1.807, 2.05) is 0 Å².